The zero-order valence-electron chi connectivity index (χ0n) is 23.6. The summed E-state index contributed by atoms with van der Waals surface area (Å²) in [7, 11) is 3.94. The summed E-state index contributed by atoms with van der Waals surface area (Å²) in [6.45, 7) is 10.1. The van der Waals surface area contributed by atoms with Gasteiger partial charge < -0.3 is 14.4 Å². The fourth-order valence-corrected chi connectivity index (χ4v) is 5.07. The highest BCUT2D eigenvalue weighted by atomic mass is 19.1. The number of aromatic nitrogens is 6. The van der Waals surface area contributed by atoms with Gasteiger partial charge in [0.05, 0.1) is 34.6 Å². The van der Waals surface area contributed by atoms with Gasteiger partial charge in [0.2, 0.25) is 11.8 Å². The van der Waals surface area contributed by atoms with E-state index in [1.54, 1.807) is 10.9 Å². The van der Waals surface area contributed by atoms with Gasteiger partial charge in [-0.2, -0.15) is 10.2 Å². The molecule has 1 aromatic carbocycles. The first-order chi connectivity index (χ1) is 18.7. The average Bonchev–Trinajstić information content (AvgIpc) is 3.57. The van der Waals surface area contributed by atoms with E-state index in [1.165, 1.54) is 6.07 Å². The van der Waals surface area contributed by atoms with Crippen LogP contribution in [0.15, 0.2) is 24.5 Å². The minimum atomic E-state index is -0.359. The average molecular weight is 536 g/mol. The summed E-state index contributed by atoms with van der Waals surface area (Å²) in [5.74, 6) is 0.794. The number of aromatic amines is 1. The van der Waals surface area contributed by atoms with Crippen molar-refractivity contribution in [2.45, 2.75) is 71.8 Å². The Balaban J connectivity index is 1.48. The number of rotatable bonds is 9. The van der Waals surface area contributed by atoms with E-state index in [1.807, 2.05) is 50.0 Å². The standard InChI is InChI=1S/C29H38FN7O2/c1-7-12-37-17-20(28(34-37)38-18(2)3)10-11-25-22-14-21(24(30)15-26(22)33-32-25)23-16-31-36(6)29(23)39-27-9-8-13-35(5)19(27)4/h10-11,14-19,27H,7-9,12-13H2,1-6H3,(H,32,33)/b11-10+. The van der Waals surface area contributed by atoms with E-state index >= 15 is 4.39 Å². The van der Waals surface area contributed by atoms with Crippen LogP contribution in [-0.2, 0) is 13.6 Å². The van der Waals surface area contributed by atoms with Gasteiger partial charge in [0.25, 0.3) is 0 Å². The first-order valence-corrected chi connectivity index (χ1v) is 13.7. The van der Waals surface area contributed by atoms with Crippen molar-refractivity contribution < 1.29 is 13.9 Å². The lowest BCUT2D eigenvalue weighted by Gasteiger charge is -2.36. The highest BCUT2D eigenvalue weighted by Crippen LogP contribution is 2.36. The summed E-state index contributed by atoms with van der Waals surface area (Å²) in [4.78, 5) is 2.30. The minimum absolute atomic E-state index is 0.00627. The number of halogens is 1. The monoisotopic (exact) mass is 535 g/mol. The van der Waals surface area contributed by atoms with Gasteiger partial charge in [0.1, 0.15) is 11.9 Å². The maximum Gasteiger partial charge on any atom is 0.240 e. The van der Waals surface area contributed by atoms with Crippen molar-refractivity contribution in [3.63, 3.8) is 0 Å². The molecule has 0 radical (unpaired) electrons. The normalized spacial score (nSPS) is 18.6. The van der Waals surface area contributed by atoms with Crippen LogP contribution in [0.5, 0.6) is 11.8 Å². The number of aryl methyl sites for hydroxylation is 2. The number of benzene rings is 1. The number of nitrogens with zero attached hydrogens (tertiary/aromatic N) is 6. The molecule has 4 heterocycles. The van der Waals surface area contributed by atoms with Crippen molar-refractivity contribution in [2.75, 3.05) is 13.6 Å². The molecular formula is C29H38FN7O2. The van der Waals surface area contributed by atoms with E-state index in [0.29, 0.717) is 34.1 Å². The zero-order valence-corrected chi connectivity index (χ0v) is 23.6. The SMILES string of the molecule is CCCn1cc(/C=C/c2n[nH]c3cc(F)c(-c4cnn(C)c4OC4CCCN(C)C4C)cc23)c(OC(C)C)n1. The first-order valence-electron chi connectivity index (χ1n) is 13.7. The van der Waals surface area contributed by atoms with Crippen LogP contribution in [0, 0.1) is 5.82 Å². The van der Waals surface area contributed by atoms with Crippen LogP contribution in [0.4, 0.5) is 4.39 Å². The molecule has 1 aliphatic rings. The first kappa shape index (κ1) is 26.9. The van der Waals surface area contributed by atoms with E-state index in [0.717, 1.165) is 43.3 Å². The Kier molecular flexibility index (Phi) is 7.74. The van der Waals surface area contributed by atoms with E-state index in [2.05, 4.69) is 46.2 Å². The molecule has 10 heteroatoms. The predicted molar refractivity (Wildman–Crippen MR) is 151 cm³/mol. The zero-order chi connectivity index (χ0) is 27.7. The number of hydrogen-bond acceptors (Lipinski definition) is 6. The number of hydrogen-bond donors (Lipinski definition) is 1. The Morgan fingerprint density at radius 1 is 1.21 bits per heavy atom. The number of nitrogens with one attached hydrogen (secondary N) is 1. The van der Waals surface area contributed by atoms with Crippen LogP contribution in [0.2, 0.25) is 0 Å². The summed E-state index contributed by atoms with van der Waals surface area (Å²) in [5.41, 5.74) is 3.23. The number of ether oxygens (including phenoxy) is 2. The molecule has 0 saturated carbocycles. The molecule has 0 amide bonds. The molecule has 9 nitrogen and oxygen atoms in total. The van der Waals surface area contributed by atoms with Gasteiger partial charge in [0, 0.05) is 42.8 Å². The molecule has 1 fully saturated rings. The van der Waals surface area contributed by atoms with Gasteiger partial charge in [-0.1, -0.05) is 6.92 Å². The van der Waals surface area contributed by atoms with Crippen LogP contribution < -0.4 is 9.47 Å². The van der Waals surface area contributed by atoms with Gasteiger partial charge >= 0.3 is 0 Å². The quantitative estimate of drug-likeness (QED) is 0.303. The summed E-state index contributed by atoms with van der Waals surface area (Å²) in [6, 6.07) is 3.56. The van der Waals surface area contributed by atoms with E-state index in [-0.39, 0.29) is 24.1 Å². The minimum Gasteiger partial charge on any atom is -0.473 e. The third-order valence-corrected chi connectivity index (χ3v) is 7.33. The van der Waals surface area contributed by atoms with Gasteiger partial charge in [-0.15, -0.1) is 5.10 Å². The maximum absolute atomic E-state index is 15.4. The summed E-state index contributed by atoms with van der Waals surface area (Å²) in [6.07, 6.45) is 10.5. The third kappa shape index (κ3) is 5.56. The molecule has 39 heavy (non-hydrogen) atoms. The van der Waals surface area contributed by atoms with Crippen LogP contribution in [0.3, 0.4) is 0 Å². The number of piperidine rings is 1. The second kappa shape index (κ2) is 11.2. The lowest BCUT2D eigenvalue weighted by atomic mass is 10.0. The van der Waals surface area contributed by atoms with E-state index in [4.69, 9.17) is 9.47 Å². The van der Waals surface area contributed by atoms with Crippen molar-refractivity contribution in [1.82, 2.24) is 34.7 Å². The van der Waals surface area contributed by atoms with Crippen molar-refractivity contribution in [1.29, 1.82) is 0 Å². The molecule has 208 valence electrons. The predicted octanol–water partition coefficient (Wildman–Crippen LogP) is 5.53. The van der Waals surface area contributed by atoms with Crippen LogP contribution in [-0.4, -0.2) is 66.5 Å². The Morgan fingerprint density at radius 3 is 2.79 bits per heavy atom. The van der Waals surface area contributed by atoms with Crippen LogP contribution in [0.1, 0.15) is 58.2 Å². The van der Waals surface area contributed by atoms with Crippen molar-refractivity contribution in [2.24, 2.45) is 7.05 Å². The molecule has 3 aromatic heterocycles. The van der Waals surface area contributed by atoms with Crippen LogP contribution in [0.25, 0.3) is 34.2 Å². The smallest absolute Gasteiger partial charge is 0.240 e. The Labute approximate surface area is 228 Å². The second-order valence-corrected chi connectivity index (χ2v) is 10.6. The van der Waals surface area contributed by atoms with E-state index in [9.17, 15) is 0 Å². The molecule has 1 saturated heterocycles. The third-order valence-electron chi connectivity index (χ3n) is 7.33. The number of likely N-dealkylation sites (N-methyl/N-ethyl adjacent to an activating group) is 1. The van der Waals surface area contributed by atoms with Gasteiger partial charge in [0.15, 0.2) is 0 Å². The Hall–Kier alpha value is -3.66. The second-order valence-electron chi connectivity index (χ2n) is 10.6. The Bertz CT molecular complexity index is 1470. The van der Waals surface area contributed by atoms with E-state index < -0.39 is 0 Å². The molecule has 0 spiro atoms. The molecule has 2 atom stereocenters. The summed E-state index contributed by atoms with van der Waals surface area (Å²) in [5, 5.41) is 17.2. The largest absolute Gasteiger partial charge is 0.473 e. The van der Waals surface area contributed by atoms with Crippen molar-refractivity contribution in [3.8, 4) is 22.9 Å². The summed E-state index contributed by atoms with van der Waals surface area (Å²) < 4.78 is 31.4. The fourth-order valence-electron chi connectivity index (χ4n) is 5.07. The topological polar surface area (TPSA) is 86.0 Å². The molecule has 0 aliphatic carbocycles. The van der Waals surface area contributed by atoms with Crippen LogP contribution >= 0.6 is 0 Å². The lowest BCUT2D eigenvalue weighted by molar-refractivity contribution is 0.0465. The number of fused-ring (bicyclic) bond motifs is 1. The van der Waals surface area contributed by atoms with Gasteiger partial charge in [-0.05, 0) is 71.8 Å². The fraction of sp³-hybridized carbons (Fsp3) is 0.483. The summed E-state index contributed by atoms with van der Waals surface area (Å²) >= 11 is 0. The van der Waals surface area contributed by atoms with Crippen molar-refractivity contribution >= 4 is 23.1 Å². The molecule has 4 aromatic rings. The number of likely N-dealkylation sites (tertiary alicyclic amines) is 1. The molecule has 0 bridgehead atoms. The lowest BCUT2D eigenvalue weighted by Crippen LogP contribution is -2.46. The van der Waals surface area contributed by atoms with Gasteiger partial charge in [-0.3, -0.25) is 9.78 Å². The molecular weight excluding hydrogens is 497 g/mol. The molecule has 5 rings (SSSR count). The molecule has 1 N–H and O–H groups in total. The highest BCUT2D eigenvalue weighted by molar-refractivity contribution is 5.93. The van der Waals surface area contributed by atoms with Gasteiger partial charge in [-0.25, -0.2) is 9.07 Å². The molecule has 2 unspecified atom stereocenters. The molecule has 1 aliphatic heterocycles. The Morgan fingerprint density at radius 2 is 2.03 bits per heavy atom. The van der Waals surface area contributed by atoms with Crippen molar-refractivity contribution in [3.05, 3.63) is 41.6 Å². The maximum atomic E-state index is 15.4. The number of H-pyrrole nitrogens is 1. The highest BCUT2D eigenvalue weighted by Gasteiger charge is 2.29.